The van der Waals surface area contributed by atoms with Gasteiger partial charge in [-0.3, -0.25) is 18.7 Å². The Hall–Kier alpha value is -1.95. The zero-order chi connectivity index (χ0) is 13.3. The van der Waals surface area contributed by atoms with Crippen molar-refractivity contribution in [3.05, 3.63) is 55.0 Å². The average Bonchev–Trinajstić information content (AvgIpc) is 2.82. The molecular weight excluding hydrogens is 252 g/mol. The third-order valence-electron chi connectivity index (χ3n) is 2.64. The van der Waals surface area contributed by atoms with E-state index in [0.717, 1.165) is 9.44 Å². The lowest BCUT2D eigenvalue weighted by molar-refractivity contribution is 0.101. The molecule has 2 heterocycles. The number of Topliss-reactive ketones (excluding diaryl/α,β-unsaturated/α-hetero) is 1. The molecule has 2 rings (SSSR count). The van der Waals surface area contributed by atoms with Crippen LogP contribution >= 0.6 is 11.3 Å². The smallest absolute Gasteiger partial charge is 0.294 e. The summed E-state index contributed by atoms with van der Waals surface area (Å²) in [6, 6.07) is 3.79. The highest BCUT2D eigenvalue weighted by Crippen LogP contribution is 2.09. The van der Waals surface area contributed by atoms with Gasteiger partial charge in [-0.2, -0.15) is 0 Å². The molecule has 0 aromatic carbocycles. The van der Waals surface area contributed by atoms with Crippen molar-refractivity contribution in [3.8, 4) is 0 Å². The lowest BCUT2D eigenvalue weighted by atomic mass is 10.2. The molecule has 0 saturated heterocycles. The molecule has 94 valence electrons. The van der Waals surface area contributed by atoms with E-state index < -0.39 is 11.2 Å². The monoisotopic (exact) mass is 264 g/mol. The van der Waals surface area contributed by atoms with Gasteiger partial charge in [0.15, 0.2) is 5.78 Å². The second kappa shape index (κ2) is 4.73. The predicted octanol–water partition coefficient (Wildman–Crippen LogP) is 0.859. The normalized spacial score (nSPS) is 10.6. The van der Waals surface area contributed by atoms with E-state index in [4.69, 9.17) is 0 Å². The number of thiophene rings is 1. The lowest BCUT2D eigenvalue weighted by Crippen LogP contribution is -2.40. The van der Waals surface area contributed by atoms with E-state index >= 15 is 0 Å². The second-order valence-electron chi connectivity index (χ2n) is 3.95. The van der Waals surface area contributed by atoms with Crippen LogP contribution in [0, 0.1) is 0 Å². The van der Waals surface area contributed by atoms with Gasteiger partial charge in [0.05, 0.1) is 12.1 Å². The molecule has 0 atom stereocenters. The van der Waals surface area contributed by atoms with Crippen molar-refractivity contribution < 1.29 is 4.79 Å². The molecule has 0 saturated carbocycles. The van der Waals surface area contributed by atoms with Gasteiger partial charge in [0.2, 0.25) is 0 Å². The van der Waals surface area contributed by atoms with Crippen LogP contribution in [0.5, 0.6) is 0 Å². The Kier molecular flexibility index (Phi) is 3.29. The number of carbonyl (C=O) groups is 1. The summed E-state index contributed by atoms with van der Waals surface area (Å²) in [6.07, 6.45) is 1.34. The minimum atomic E-state index is -0.546. The number of nitrogens with zero attached hydrogens (tertiary/aromatic N) is 2. The van der Waals surface area contributed by atoms with Gasteiger partial charge in [-0.25, -0.2) is 4.79 Å². The van der Waals surface area contributed by atoms with Gasteiger partial charge in [0, 0.05) is 18.1 Å². The molecule has 0 fully saturated rings. The minimum Gasteiger partial charge on any atom is -0.294 e. The highest BCUT2D eigenvalue weighted by molar-refractivity contribution is 7.09. The van der Waals surface area contributed by atoms with Gasteiger partial charge in [-0.1, -0.05) is 6.07 Å². The molecule has 2 aromatic rings. The molecule has 0 amide bonds. The molecule has 6 heteroatoms. The van der Waals surface area contributed by atoms with Crippen molar-refractivity contribution in [2.75, 3.05) is 0 Å². The number of ketones is 1. The summed E-state index contributed by atoms with van der Waals surface area (Å²) < 4.78 is 2.34. The lowest BCUT2D eigenvalue weighted by Gasteiger charge is -2.08. The number of hydrogen-bond donors (Lipinski definition) is 0. The first kappa shape index (κ1) is 12.5. The number of rotatable bonds is 3. The molecule has 0 aliphatic rings. The van der Waals surface area contributed by atoms with E-state index in [1.165, 1.54) is 36.1 Å². The first-order valence-electron chi connectivity index (χ1n) is 5.34. The maximum Gasteiger partial charge on any atom is 0.331 e. The molecule has 0 aliphatic heterocycles. The highest BCUT2D eigenvalue weighted by atomic mass is 32.1. The van der Waals surface area contributed by atoms with Gasteiger partial charge < -0.3 is 0 Å². The molecule has 0 radical (unpaired) electrons. The van der Waals surface area contributed by atoms with E-state index in [-0.39, 0.29) is 11.3 Å². The van der Waals surface area contributed by atoms with Gasteiger partial charge in [0.25, 0.3) is 5.56 Å². The van der Waals surface area contributed by atoms with Crippen molar-refractivity contribution in [1.29, 1.82) is 0 Å². The van der Waals surface area contributed by atoms with Gasteiger partial charge in [0.1, 0.15) is 0 Å². The third kappa shape index (κ3) is 2.19. The van der Waals surface area contributed by atoms with Crippen molar-refractivity contribution in [2.45, 2.75) is 13.5 Å². The molecule has 0 spiro atoms. The zero-order valence-corrected chi connectivity index (χ0v) is 10.9. The van der Waals surface area contributed by atoms with Crippen molar-refractivity contribution in [3.63, 3.8) is 0 Å². The molecular formula is C12H12N2O3S. The fourth-order valence-electron chi connectivity index (χ4n) is 1.65. The van der Waals surface area contributed by atoms with Crippen LogP contribution in [0.4, 0.5) is 0 Å². The minimum absolute atomic E-state index is 0.0358. The summed E-state index contributed by atoms with van der Waals surface area (Å²) in [5, 5.41) is 1.91. The van der Waals surface area contributed by atoms with Crippen molar-refractivity contribution in [2.24, 2.45) is 7.05 Å². The molecule has 5 nitrogen and oxygen atoms in total. The summed E-state index contributed by atoms with van der Waals surface area (Å²) >= 11 is 1.52. The molecule has 2 aromatic heterocycles. The van der Waals surface area contributed by atoms with Crippen molar-refractivity contribution in [1.82, 2.24) is 9.13 Å². The average molecular weight is 264 g/mol. The van der Waals surface area contributed by atoms with Crippen LogP contribution < -0.4 is 11.2 Å². The van der Waals surface area contributed by atoms with Crippen LogP contribution in [0.3, 0.4) is 0 Å². The van der Waals surface area contributed by atoms with Crippen molar-refractivity contribution >= 4 is 17.1 Å². The number of aromatic nitrogens is 2. The van der Waals surface area contributed by atoms with Crippen LogP contribution in [0.25, 0.3) is 0 Å². The maximum atomic E-state index is 11.9. The predicted molar refractivity (Wildman–Crippen MR) is 69.4 cm³/mol. The molecule has 18 heavy (non-hydrogen) atoms. The first-order chi connectivity index (χ1) is 8.50. The maximum absolute atomic E-state index is 11.9. The fraction of sp³-hybridized carbons (Fsp3) is 0.250. The zero-order valence-electron chi connectivity index (χ0n) is 10.0. The molecule has 0 unspecified atom stereocenters. The van der Waals surface area contributed by atoms with E-state index in [9.17, 15) is 14.4 Å². The van der Waals surface area contributed by atoms with Gasteiger partial charge >= 0.3 is 5.69 Å². The van der Waals surface area contributed by atoms with E-state index in [1.807, 2.05) is 17.5 Å². The third-order valence-corrected chi connectivity index (χ3v) is 3.50. The summed E-state index contributed by atoms with van der Waals surface area (Å²) in [4.78, 5) is 36.0. The van der Waals surface area contributed by atoms with Crippen LogP contribution in [0.2, 0.25) is 0 Å². The summed E-state index contributed by atoms with van der Waals surface area (Å²) in [6.45, 7) is 1.68. The molecule has 0 bridgehead atoms. The highest BCUT2D eigenvalue weighted by Gasteiger charge is 2.12. The quantitative estimate of drug-likeness (QED) is 0.772. The Balaban J connectivity index is 2.58. The largest absolute Gasteiger partial charge is 0.331 e. The molecule has 0 aliphatic carbocycles. The molecule has 0 N–H and O–H groups in total. The Morgan fingerprint density at radius 2 is 2.11 bits per heavy atom. The van der Waals surface area contributed by atoms with E-state index in [0.29, 0.717) is 6.54 Å². The number of carbonyl (C=O) groups excluding carboxylic acids is 1. The second-order valence-corrected chi connectivity index (χ2v) is 4.99. The van der Waals surface area contributed by atoms with Crippen LogP contribution in [0.1, 0.15) is 22.2 Å². The van der Waals surface area contributed by atoms with E-state index in [2.05, 4.69) is 0 Å². The standard InChI is InChI=1S/C12H12N2O3S/c1-8(15)10-7-14(6-9-4-3-5-18-9)12(17)13(2)11(10)16/h3-5,7H,6H2,1-2H3. The van der Waals surface area contributed by atoms with Crippen LogP contribution in [-0.2, 0) is 13.6 Å². The summed E-state index contributed by atoms with van der Waals surface area (Å²) in [5.74, 6) is -0.337. The van der Waals surface area contributed by atoms with Crippen LogP contribution in [-0.4, -0.2) is 14.9 Å². The van der Waals surface area contributed by atoms with Gasteiger partial charge in [-0.15, -0.1) is 11.3 Å². The Morgan fingerprint density at radius 3 is 2.67 bits per heavy atom. The summed E-state index contributed by atoms with van der Waals surface area (Å²) in [7, 11) is 1.38. The topological polar surface area (TPSA) is 61.1 Å². The van der Waals surface area contributed by atoms with Crippen LogP contribution in [0.15, 0.2) is 33.3 Å². The Morgan fingerprint density at radius 1 is 1.39 bits per heavy atom. The Labute approximate surface area is 107 Å². The SMILES string of the molecule is CC(=O)c1cn(Cc2cccs2)c(=O)n(C)c1=O. The van der Waals surface area contributed by atoms with E-state index in [1.54, 1.807) is 0 Å². The Bertz CT molecular complexity index is 695. The summed E-state index contributed by atoms with van der Waals surface area (Å²) in [5.41, 5.74) is -0.929. The number of hydrogen-bond acceptors (Lipinski definition) is 4. The van der Waals surface area contributed by atoms with Gasteiger partial charge in [-0.05, 0) is 18.4 Å². The first-order valence-corrected chi connectivity index (χ1v) is 6.22. The fourth-order valence-corrected chi connectivity index (χ4v) is 2.35.